The average molecular weight is 374 g/mol. The van der Waals surface area contributed by atoms with Gasteiger partial charge in [0.2, 0.25) is 11.8 Å². The standard InChI is InChI=1S/C16H17F3N2O3S/c1-3-13(22)21-7-8-25-12(9-21)15(23)20-11-6-4-5-10(14(11)24-2)16(17,18)19/h3-6,12H,1,7-9H2,2H3,(H,20,23). The van der Waals surface area contributed by atoms with Gasteiger partial charge < -0.3 is 15.0 Å². The zero-order valence-corrected chi connectivity index (χ0v) is 14.2. The molecule has 0 bridgehead atoms. The van der Waals surface area contributed by atoms with Crippen LogP contribution in [0.4, 0.5) is 18.9 Å². The maximum Gasteiger partial charge on any atom is 0.420 e. The molecule has 5 nitrogen and oxygen atoms in total. The highest BCUT2D eigenvalue weighted by Crippen LogP contribution is 2.40. The van der Waals surface area contributed by atoms with Gasteiger partial charge in [0.1, 0.15) is 5.25 Å². The summed E-state index contributed by atoms with van der Waals surface area (Å²) in [5, 5.41) is 1.89. The van der Waals surface area contributed by atoms with Gasteiger partial charge in [0.05, 0.1) is 18.4 Å². The number of hydrogen-bond donors (Lipinski definition) is 1. The van der Waals surface area contributed by atoms with Gasteiger partial charge in [0.25, 0.3) is 0 Å². The maximum atomic E-state index is 13.0. The van der Waals surface area contributed by atoms with E-state index in [0.29, 0.717) is 12.3 Å². The number of nitrogens with one attached hydrogen (secondary N) is 1. The van der Waals surface area contributed by atoms with Crippen LogP contribution in [0.15, 0.2) is 30.9 Å². The molecule has 0 aliphatic carbocycles. The number of ether oxygens (including phenoxy) is 1. The number of methoxy groups -OCH3 is 1. The fourth-order valence-electron chi connectivity index (χ4n) is 2.43. The lowest BCUT2D eigenvalue weighted by atomic mass is 10.1. The predicted molar refractivity (Wildman–Crippen MR) is 89.6 cm³/mol. The lowest BCUT2D eigenvalue weighted by molar-refractivity contribution is -0.138. The third-order valence-electron chi connectivity index (χ3n) is 3.63. The topological polar surface area (TPSA) is 58.6 Å². The lowest BCUT2D eigenvalue weighted by Crippen LogP contribution is -2.45. The largest absolute Gasteiger partial charge is 0.494 e. The van der Waals surface area contributed by atoms with E-state index >= 15 is 0 Å². The van der Waals surface area contributed by atoms with Crippen LogP contribution in [0, 0.1) is 0 Å². The highest BCUT2D eigenvalue weighted by molar-refractivity contribution is 8.00. The molecule has 1 aromatic carbocycles. The smallest absolute Gasteiger partial charge is 0.420 e. The summed E-state index contributed by atoms with van der Waals surface area (Å²) in [7, 11) is 1.11. The Bertz CT molecular complexity index is 679. The van der Waals surface area contributed by atoms with E-state index in [1.807, 2.05) is 0 Å². The van der Waals surface area contributed by atoms with Crippen molar-refractivity contribution in [3.63, 3.8) is 0 Å². The van der Waals surface area contributed by atoms with Gasteiger partial charge in [0, 0.05) is 18.8 Å². The molecule has 1 saturated heterocycles. The van der Waals surface area contributed by atoms with Crippen molar-refractivity contribution >= 4 is 29.3 Å². The number of carbonyl (C=O) groups excluding carboxylic acids is 2. The Morgan fingerprint density at radius 2 is 2.16 bits per heavy atom. The molecule has 1 atom stereocenters. The lowest BCUT2D eigenvalue weighted by Gasteiger charge is -2.31. The van der Waals surface area contributed by atoms with Crippen LogP contribution in [0.25, 0.3) is 0 Å². The van der Waals surface area contributed by atoms with E-state index in [4.69, 9.17) is 4.74 Å². The monoisotopic (exact) mass is 374 g/mol. The maximum absolute atomic E-state index is 13.0. The van der Waals surface area contributed by atoms with Crippen LogP contribution < -0.4 is 10.1 Å². The van der Waals surface area contributed by atoms with Crippen molar-refractivity contribution in [1.29, 1.82) is 0 Å². The van der Waals surface area contributed by atoms with Gasteiger partial charge in [-0.25, -0.2) is 0 Å². The Labute approximate surface area is 147 Å². The number of halogens is 3. The van der Waals surface area contributed by atoms with Crippen molar-refractivity contribution in [2.45, 2.75) is 11.4 Å². The van der Waals surface area contributed by atoms with Crippen LogP contribution in [0.1, 0.15) is 5.56 Å². The summed E-state index contributed by atoms with van der Waals surface area (Å²) >= 11 is 1.34. The van der Waals surface area contributed by atoms with Crippen molar-refractivity contribution in [2.24, 2.45) is 0 Å². The Morgan fingerprint density at radius 3 is 2.76 bits per heavy atom. The van der Waals surface area contributed by atoms with E-state index in [0.717, 1.165) is 13.2 Å². The highest BCUT2D eigenvalue weighted by atomic mass is 32.2. The zero-order valence-electron chi connectivity index (χ0n) is 13.4. The Balaban J connectivity index is 2.18. The second-order valence-corrected chi connectivity index (χ2v) is 6.53. The number of alkyl halides is 3. The summed E-state index contributed by atoms with van der Waals surface area (Å²) in [4.78, 5) is 25.6. The quantitative estimate of drug-likeness (QED) is 0.824. The van der Waals surface area contributed by atoms with Crippen molar-refractivity contribution < 1.29 is 27.5 Å². The molecule has 25 heavy (non-hydrogen) atoms. The molecule has 1 aliphatic heterocycles. The third-order valence-corrected chi connectivity index (χ3v) is 4.81. The number of carbonyl (C=O) groups is 2. The Hall–Kier alpha value is -2.16. The van der Waals surface area contributed by atoms with Gasteiger partial charge in [-0.15, -0.1) is 11.8 Å². The number of nitrogens with zero attached hydrogens (tertiary/aromatic N) is 1. The van der Waals surface area contributed by atoms with Gasteiger partial charge in [-0.05, 0) is 18.2 Å². The average Bonchev–Trinajstić information content (AvgIpc) is 2.60. The van der Waals surface area contributed by atoms with Crippen LogP contribution in [-0.2, 0) is 15.8 Å². The number of hydrogen-bond acceptors (Lipinski definition) is 4. The van der Waals surface area contributed by atoms with E-state index in [-0.39, 0.29) is 18.1 Å². The van der Waals surface area contributed by atoms with Crippen LogP contribution in [0.3, 0.4) is 0 Å². The summed E-state index contributed by atoms with van der Waals surface area (Å²) in [5.74, 6) is -0.653. The fourth-order valence-corrected chi connectivity index (χ4v) is 3.53. The summed E-state index contributed by atoms with van der Waals surface area (Å²) in [6, 6.07) is 3.42. The molecule has 1 unspecified atom stereocenters. The summed E-state index contributed by atoms with van der Waals surface area (Å²) in [5.41, 5.74) is -1.03. The second kappa shape index (κ2) is 7.81. The first-order valence-electron chi connectivity index (χ1n) is 7.36. The first kappa shape index (κ1) is 19.2. The molecular weight excluding hydrogens is 357 g/mol. The van der Waals surface area contributed by atoms with Crippen LogP contribution in [0.2, 0.25) is 0 Å². The minimum Gasteiger partial charge on any atom is -0.494 e. The van der Waals surface area contributed by atoms with E-state index in [1.165, 1.54) is 34.9 Å². The molecule has 2 rings (SSSR count). The van der Waals surface area contributed by atoms with E-state index in [9.17, 15) is 22.8 Å². The molecule has 1 fully saturated rings. The van der Waals surface area contributed by atoms with Gasteiger partial charge in [0.15, 0.2) is 5.75 Å². The number of benzene rings is 1. The normalized spacial score (nSPS) is 17.8. The molecular formula is C16H17F3N2O3S. The number of thioether (sulfide) groups is 1. The summed E-state index contributed by atoms with van der Waals surface area (Å²) < 4.78 is 44.0. The second-order valence-electron chi connectivity index (χ2n) is 5.22. The highest BCUT2D eigenvalue weighted by Gasteiger charge is 2.36. The molecule has 2 amide bonds. The fraction of sp³-hybridized carbons (Fsp3) is 0.375. The molecule has 0 radical (unpaired) electrons. The molecule has 0 saturated carbocycles. The van der Waals surface area contributed by atoms with Crippen LogP contribution in [-0.4, -0.2) is 47.9 Å². The number of rotatable bonds is 4. The van der Waals surface area contributed by atoms with Crippen LogP contribution >= 0.6 is 11.8 Å². The summed E-state index contributed by atoms with van der Waals surface area (Å²) in [6.07, 6.45) is -3.43. The van der Waals surface area contributed by atoms with Crippen LogP contribution in [0.5, 0.6) is 5.75 Å². The Kier molecular flexibility index (Phi) is 5.99. The molecule has 1 aliphatic rings. The van der Waals surface area contributed by atoms with E-state index in [1.54, 1.807) is 0 Å². The molecule has 9 heteroatoms. The van der Waals surface area contributed by atoms with Crippen molar-refractivity contribution in [1.82, 2.24) is 4.90 Å². The zero-order chi connectivity index (χ0) is 18.6. The van der Waals surface area contributed by atoms with Crippen molar-refractivity contribution in [3.05, 3.63) is 36.4 Å². The van der Waals surface area contributed by atoms with Crippen molar-refractivity contribution in [2.75, 3.05) is 31.3 Å². The molecule has 1 aromatic rings. The van der Waals surface area contributed by atoms with Gasteiger partial charge in [-0.3, -0.25) is 9.59 Å². The summed E-state index contributed by atoms with van der Waals surface area (Å²) in [6.45, 7) is 4.07. The van der Waals surface area contributed by atoms with Gasteiger partial charge in [-0.1, -0.05) is 12.6 Å². The first-order chi connectivity index (χ1) is 11.8. The molecule has 1 N–H and O–H groups in total. The predicted octanol–water partition coefficient (Wildman–Crippen LogP) is 2.78. The molecule has 136 valence electrons. The minimum atomic E-state index is -4.60. The Morgan fingerprint density at radius 1 is 1.44 bits per heavy atom. The first-order valence-corrected chi connectivity index (χ1v) is 8.40. The number of para-hydroxylation sites is 1. The number of anilines is 1. The minimum absolute atomic E-state index is 0.0601. The van der Waals surface area contributed by atoms with Crippen molar-refractivity contribution in [3.8, 4) is 5.75 Å². The number of amides is 2. The molecule has 1 heterocycles. The molecule has 0 spiro atoms. The molecule has 0 aromatic heterocycles. The van der Waals surface area contributed by atoms with Gasteiger partial charge in [-0.2, -0.15) is 13.2 Å². The van der Waals surface area contributed by atoms with E-state index < -0.39 is 28.6 Å². The SMILES string of the molecule is C=CC(=O)N1CCSC(C(=O)Nc2cccc(C(F)(F)F)c2OC)C1. The van der Waals surface area contributed by atoms with Gasteiger partial charge >= 0.3 is 6.18 Å². The third kappa shape index (κ3) is 4.47. The van der Waals surface area contributed by atoms with E-state index in [2.05, 4.69) is 11.9 Å².